The van der Waals surface area contributed by atoms with Gasteiger partial charge in [-0.05, 0) is 37.0 Å². The normalized spacial score (nSPS) is 12.7. The van der Waals surface area contributed by atoms with Gasteiger partial charge >= 0.3 is 17.9 Å². The van der Waals surface area contributed by atoms with Crippen molar-refractivity contribution in [3.8, 4) is 0 Å². The quantitative estimate of drug-likeness (QED) is 0.0352. The molecule has 0 spiro atoms. The highest BCUT2D eigenvalue weighted by molar-refractivity contribution is 5.71. The molecule has 0 saturated carbocycles. The van der Waals surface area contributed by atoms with Gasteiger partial charge in [0, 0.05) is 19.3 Å². The van der Waals surface area contributed by atoms with E-state index >= 15 is 0 Å². The van der Waals surface area contributed by atoms with Gasteiger partial charge < -0.3 is 14.2 Å². The first-order valence-electron chi connectivity index (χ1n) is 23.1. The van der Waals surface area contributed by atoms with Crippen LogP contribution in [0.5, 0.6) is 0 Å². The van der Waals surface area contributed by atoms with Crippen LogP contribution in [-0.2, 0) is 28.6 Å². The van der Waals surface area contributed by atoms with Gasteiger partial charge in [-0.25, -0.2) is 0 Å². The summed E-state index contributed by atoms with van der Waals surface area (Å²) in [4.78, 5) is 37.7. The minimum Gasteiger partial charge on any atom is -0.462 e. The lowest BCUT2D eigenvalue weighted by Crippen LogP contribution is -2.30. The van der Waals surface area contributed by atoms with Crippen LogP contribution in [0.4, 0.5) is 0 Å². The maximum absolute atomic E-state index is 12.7. The summed E-state index contributed by atoms with van der Waals surface area (Å²) in [6, 6.07) is 0. The molecule has 0 aromatic carbocycles. The Morgan fingerprint density at radius 3 is 0.981 bits per heavy atom. The Labute approximate surface area is 329 Å². The molecule has 0 amide bonds. The van der Waals surface area contributed by atoms with Crippen molar-refractivity contribution in [3.63, 3.8) is 0 Å². The van der Waals surface area contributed by atoms with Crippen molar-refractivity contribution in [2.24, 2.45) is 17.8 Å². The van der Waals surface area contributed by atoms with E-state index in [0.29, 0.717) is 19.3 Å². The molecule has 0 heterocycles. The van der Waals surface area contributed by atoms with E-state index < -0.39 is 6.10 Å². The average molecular weight is 751 g/mol. The lowest BCUT2D eigenvalue weighted by Gasteiger charge is -2.18. The van der Waals surface area contributed by atoms with Crippen LogP contribution in [-0.4, -0.2) is 37.2 Å². The fraction of sp³-hybridized carbons (Fsp3) is 0.936. The predicted molar refractivity (Wildman–Crippen MR) is 224 cm³/mol. The molecule has 0 aromatic rings. The zero-order valence-corrected chi connectivity index (χ0v) is 36.3. The SMILES string of the molecule is CCC(C)CCCCCCCCCCCCC(=O)O[C@@H](COC(=O)CCCCCCCCCCCC(C)C)COC(=O)CCCCCCCCC(C)C. The minimum atomic E-state index is -0.762. The summed E-state index contributed by atoms with van der Waals surface area (Å²) in [5.74, 6) is 1.57. The van der Waals surface area contributed by atoms with E-state index in [4.69, 9.17) is 14.2 Å². The van der Waals surface area contributed by atoms with Crippen molar-refractivity contribution < 1.29 is 28.6 Å². The monoisotopic (exact) mass is 751 g/mol. The summed E-state index contributed by atoms with van der Waals surface area (Å²) >= 11 is 0. The molecule has 0 fully saturated rings. The topological polar surface area (TPSA) is 78.9 Å². The van der Waals surface area contributed by atoms with Gasteiger partial charge in [-0.1, -0.05) is 208 Å². The van der Waals surface area contributed by atoms with Gasteiger partial charge in [0.25, 0.3) is 0 Å². The molecule has 0 aliphatic heterocycles. The number of ether oxygens (including phenoxy) is 3. The highest BCUT2D eigenvalue weighted by Crippen LogP contribution is 2.17. The predicted octanol–water partition coefficient (Wildman–Crippen LogP) is 14.4. The number of hydrogen-bond acceptors (Lipinski definition) is 6. The number of hydrogen-bond donors (Lipinski definition) is 0. The number of esters is 3. The minimum absolute atomic E-state index is 0.0668. The molecule has 0 aliphatic rings. The summed E-state index contributed by atoms with van der Waals surface area (Å²) < 4.78 is 16.7. The molecule has 0 N–H and O–H groups in total. The van der Waals surface area contributed by atoms with E-state index in [0.717, 1.165) is 75.5 Å². The van der Waals surface area contributed by atoms with Crippen LogP contribution in [0.3, 0.4) is 0 Å². The van der Waals surface area contributed by atoms with Gasteiger partial charge in [-0.2, -0.15) is 0 Å². The average Bonchev–Trinajstić information content (AvgIpc) is 3.12. The third-order valence-corrected chi connectivity index (χ3v) is 10.8. The maximum Gasteiger partial charge on any atom is 0.306 e. The lowest BCUT2D eigenvalue weighted by molar-refractivity contribution is -0.167. The lowest BCUT2D eigenvalue weighted by atomic mass is 9.99. The molecule has 1 unspecified atom stereocenters. The fourth-order valence-corrected chi connectivity index (χ4v) is 6.85. The van der Waals surface area contributed by atoms with Crippen molar-refractivity contribution in [3.05, 3.63) is 0 Å². The van der Waals surface area contributed by atoms with Gasteiger partial charge in [0.15, 0.2) is 6.10 Å². The molecule has 6 heteroatoms. The molecule has 2 atom stereocenters. The van der Waals surface area contributed by atoms with E-state index in [1.54, 1.807) is 0 Å². The fourth-order valence-electron chi connectivity index (χ4n) is 6.85. The van der Waals surface area contributed by atoms with Crippen LogP contribution in [0.15, 0.2) is 0 Å². The van der Waals surface area contributed by atoms with Crippen molar-refractivity contribution in [2.75, 3.05) is 13.2 Å². The van der Waals surface area contributed by atoms with E-state index in [1.165, 1.54) is 128 Å². The Hall–Kier alpha value is -1.59. The standard InChI is InChI=1S/C47H90O6/c1-7-43(6)35-29-23-16-12-8-9-13-18-26-32-38-47(50)53-44(40-52-46(49)37-31-25-20-19-22-28-34-42(4)5)39-51-45(48)36-30-24-17-14-10-11-15-21-27-33-41(2)3/h41-44H,7-40H2,1-6H3/t43?,44-/m0/s1. The first-order valence-corrected chi connectivity index (χ1v) is 23.1. The third kappa shape index (κ3) is 39.9. The molecule has 6 nitrogen and oxygen atoms in total. The smallest absolute Gasteiger partial charge is 0.306 e. The summed E-state index contributed by atoms with van der Waals surface area (Å²) in [6.45, 7) is 13.6. The van der Waals surface area contributed by atoms with Gasteiger partial charge in [0.1, 0.15) is 13.2 Å². The Morgan fingerprint density at radius 2 is 0.660 bits per heavy atom. The number of carbonyl (C=O) groups excluding carboxylic acids is 3. The first-order chi connectivity index (χ1) is 25.6. The zero-order chi connectivity index (χ0) is 39.2. The van der Waals surface area contributed by atoms with Crippen LogP contribution in [0.2, 0.25) is 0 Å². The van der Waals surface area contributed by atoms with Crippen molar-refractivity contribution in [2.45, 2.75) is 253 Å². The van der Waals surface area contributed by atoms with E-state index in [2.05, 4.69) is 41.5 Å². The largest absolute Gasteiger partial charge is 0.462 e. The van der Waals surface area contributed by atoms with Gasteiger partial charge in [0.2, 0.25) is 0 Å². The zero-order valence-electron chi connectivity index (χ0n) is 36.3. The van der Waals surface area contributed by atoms with Gasteiger partial charge in [0.05, 0.1) is 0 Å². The third-order valence-electron chi connectivity index (χ3n) is 10.8. The van der Waals surface area contributed by atoms with E-state index in [-0.39, 0.29) is 31.1 Å². The molecule has 0 saturated heterocycles. The van der Waals surface area contributed by atoms with Crippen molar-refractivity contribution >= 4 is 17.9 Å². The number of carbonyl (C=O) groups is 3. The highest BCUT2D eigenvalue weighted by Gasteiger charge is 2.19. The molecule has 0 aliphatic carbocycles. The second kappa shape index (κ2) is 38.7. The van der Waals surface area contributed by atoms with Crippen LogP contribution in [0, 0.1) is 17.8 Å². The Balaban J connectivity index is 4.34. The van der Waals surface area contributed by atoms with Crippen LogP contribution >= 0.6 is 0 Å². The Morgan fingerprint density at radius 1 is 0.377 bits per heavy atom. The molecule has 314 valence electrons. The Kier molecular flexibility index (Phi) is 37.5. The first kappa shape index (κ1) is 51.4. The van der Waals surface area contributed by atoms with Crippen LogP contribution < -0.4 is 0 Å². The number of rotatable bonds is 40. The molecular formula is C47H90O6. The molecular weight excluding hydrogens is 661 g/mol. The second-order valence-corrected chi connectivity index (χ2v) is 17.2. The number of unbranched alkanes of at least 4 members (excludes halogenated alkanes) is 22. The van der Waals surface area contributed by atoms with Gasteiger partial charge in [-0.15, -0.1) is 0 Å². The molecule has 0 aromatic heterocycles. The van der Waals surface area contributed by atoms with Crippen LogP contribution in [0.25, 0.3) is 0 Å². The van der Waals surface area contributed by atoms with Gasteiger partial charge in [-0.3, -0.25) is 14.4 Å². The van der Waals surface area contributed by atoms with E-state index in [1.807, 2.05) is 0 Å². The van der Waals surface area contributed by atoms with Crippen molar-refractivity contribution in [1.82, 2.24) is 0 Å². The summed E-state index contributed by atoms with van der Waals surface area (Å²) in [6.07, 6.45) is 35.2. The summed E-state index contributed by atoms with van der Waals surface area (Å²) in [5.41, 5.74) is 0. The summed E-state index contributed by atoms with van der Waals surface area (Å²) in [5, 5.41) is 0. The van der Waals surface area contributed by atoms with E-state index in [9.17, 15) is 14.4 Å². The maximum atomic E-state index is 12.7. The second-order valence-electron chi connectivity index (χ2n) is 17.2. The molecule has 53 heavy (non-hydrogen) atoms. The highest BCUT2D eigenvalue weighted by atomic mass is 16.6. The molecule has 0 rings (SSSR count). The Bertz CT molecular complexity index is 824. The van der Waals surface area contributed by atoms with Crippen LogP contribution in [0.1, 0.15) is 247 Å². The molecule has 0 radical (unpaired) electrons. The molecule has 0 bridgehead atoms. The summed E-state index contributed by atoms with van der Waals surface area (Å²) in [7, 11) is 0. The van der Waals surface area contributed by atoms with Crippen molar-refractivity contribution in [1.29, 1.82) is 0 Å².